The number of para-hydroxylation sites is 2. The van der Waals surface area contributed by atoms with Crippen LogP contribution in [0.25, 0.3) is 50.9 Å². The first-order valence-electron chi connectivity index (χ1n) is 12.2. The van der Waals surface area contributed by atoms with Crippen molar-refractivity contribution >= 4 is 22.2 Å². The molecule has 7 nitrogen and oxygen atoms in total. The van der Waals surface area contributed by atoms with Crippen LogP contribution < -0.4 is 5.73 Å². The first-order chi connectivity index (χ1) is 17.6. The summed E-state index contributed by atoms with van der Waals surface area (Å²) in [5, 5.41) is 0. The number of nitrogens with zero attached hydrogens (tertiary/aromatic N) is 6. The Morgan fingerprint density at radius 2 is 1.50 bits per heavy atom. The van der Waals surface area contributed by atoms with Crippen molar-refractivity contribution in [2.75, 3.05) is 0 Å². The van der Waals surface area contributed by atoms with Crippen LogP contribution in [0.15, 0.2) is 85.1 Å². The minimum absolute atomic E-state index is 0.210. The lowest BCUT2D eigenvalue weighted by atomic mass is 9.73. The number of nitrogens with two attached hydrogens (primary N) is 1. The van der Waals surface area contributed by atoms with Crippen LogP contribution in [-0.4, -0.2) is 29.1 Å². The topological polar surface area (TPSA) is 87.4 Å². The summed E-state index contributed by atoms with van der Waals surface area (Å²) in [6.07, 6.45) is 5.03. The fraction of sp³-hybridized carbons (Fsp3) is 0.172. The maximum absolute atomic E-state index is 6.60. The van der Waals surface area contributed by atoms with Gasteiger partial charge in [0.05, 0.1) is 17.2 Å². The van der Waals surface area contributed by atoms with E-state index in [1.807, 2.05) is 55.6 Å². The van der Waals surface area contributed by atoms with Crippen LogP contribution in [0.2, 0.25) is 0 Å². The third-order valence-corrected chi connectivity index (χ3v) is 7.37. The van der Waals surface area contributed by atoms with Gasteiger partial charge in [-0.05, 0) is 49.1 Å². The van der Waals surface area contributed by atoms with Crippen LogP contribution in [0.1, 0.15) is 24.8 Å². The van der Waals surface area contributed by atoms with Crippen molar-refractivity contribution in [3.8, 4) is 28.7 Å². The van der Waals surface area contributed by atoms with E-state index in [0.717, 1.165) is 57.9 Å². The van der Waals surface area contributed by atoms with E-state index in [9.17, 15) is 0 Å². The minimum Gasteiger partial charge on any atom is -0.324 e. The predicted molar refractivity (Wildman–Crippen MR) is 142 cm³/mol. The van der Waals surface area contributed by atoms with Gasteiger partial charge in [0.2, 0.25) is 0 Å². The minimum atomic E-state index is -0.210. The Balaban J connectivity index is 1.47. The second kappa shape index (κ2) is 7.83. The van der Waals surface area contributed by atoms with E-state index >= 15 is 0 Å². The molecule has 0 unspecified atom stereocenters. The average molecular weight is 472 g/mol. The molecule has 1 fully saturated rings. The summed E-state index contributed by atoms with van der Waals surface area (Å²) in [4.78, 5) is 19.5. The molecule has 0 saturated heterocycles. The molecule has 3 aromatic carbocycles. The number of rotatable bonds is 4. The SMILES string of the molecule is Cn1c(-c2nc3cnc(-c4ccccc4)nc3n2-c2ccc(C3(N)CCC3)cc2)nc2ccccc21. The summed E-state index contributed by atoms with van der Waals surface area (Å²) in [7, 11) is 2.02. The van der Waals surface area contributed by atoms with Crippen molar-refractivity contribution in [2.45, 2.75) is 24.8 Å². The largest absolute Gasteiger partial charge is 0.324 e. The van der Waals surface area contributed by atoms with E-state index in [4.69, 9.17) is 20.7 Å². The van der Waals surface area contributed by atoms with Crippen molar-refractivity contribution in [1.29, 1.82) is 0 Å². The molecule has 0 radical (unpaired) electrons. The molecule has 1 saturated carbocycles. The number of fused-ring (bicyclic) bond motifs is 2. The second-order valence-electron chi connectivity index (χ2n) is 9.58. The van der Waals surface area contributed by atoms with Crippen molar-refractivity contribution in [2.24, 2.45) is 12.8 Å². The summed E-state index contributed by atoms with van der Waals surface area (Å²) in [6, 6.07) is 26.6. The molecule has 3 aromatic heterocycles. The van der Waals surface area contributed by atoms with Gasteiger partial charge in [-0.15, -0.1) is 0 Å². The average Bonchev–Trinajstić information content (AvgIpc) is 3.45. The second-order valence-corrected chi connectivity index (χ2v) is 9.58. The normalized spacial score (nSPS) is 14.8. The smallest absolute Gasteiger partial charge is 0.183 e. The zero-order chi connectivity index (χ0) is 24.3. The van der Waals surface area contributed by atoms with Crippen LogP contribution in [0.5, 0.6) is 0 Å². The van der Waals surface area contributed by atoms with Crippen LogP contribution in [0, 0.1) is 0 Å². The lowest BCUT2D eigenvalue weighted by Crippen LogP contribution is -2.43. The first-order valence-corrected chi connectivity index (χ1v) is 12.2. The number of hydrogen-bond donors (Lipinski definition) is 1. The fourth-order valence-corrected chi connectivity index (χ4v) is 5.13. The molecule has 2 N–H and O–H groups in total. The molecular weight excluding hydrogens is 446 g/mol. The van der Waals surface area contributed by atoms with Crippen LogP contribution in [0.3, 0.4) is 0 Å². The third kappa shape index (κ3) is 3.17. The molecule has 6 aromatic rings. The van der Waals surface area contributed by atoms with Crippen molar-refractivity contribution < 1.29 is 0 Å². The summed E-state index contributed by atoms with van der Waals surface area (Å²) in [5.41, 5.74) is 12.9. The lowest BCUT2D eigenvalue weighted by Gasteiger charge is -2.38. The van der Waals surface area contributed by atoms with Gasteiger partial charge in [0.25, 0.3) is 0 Å². The monoisotopic (exact) mass is 471 g/mol. The Hall–Kier alpha value is -4.36. The zero-order valence-electron chi connectivity index (χ0n) is 20.0. The molecule has 1 aliphatic carbocycles. The van der Waals surface area contributed by atoms with Crippen LogP contribution in [0.4, 0.5) is 0 Å². The quantitative estimate of drug-likeness (QED) is 0.373. The van der Waals surface area contributed by atoms with E-state index in [1.54, 1.807) is 6.20 Å². The van der Waals surface area contributed by atoms with Crippen LogP contribution >= 0.6 is 0 Å². The molecule has 0 bridgehead atoms. The first kappa shape index (κ1) is 21.0. The number of aryl methyl sites for hydroxylation is 1. The number of imidazole rings is 2. The van der Waals surface area contributed by atoms with Crippen molar-refractivity contribution in [3.63, 3.8) is 0 Å². The fourth-order valence-electron chi connectivity index (χ4n) is 5.13. The van der Waals surface area contributed by atoms with E-state index in [2.05, 4.69) is 44.5 Å². The van der Waals surface area contributed by atoms with Gasteiger partial charge in [-0.25, -0.2) is 19.9 Å². The molecule has 0 spiro atoms. The van der Waals surface area contributed by atoms with Gasteiger partial charge in [0, 0.05) is 23.8 Å². The maximum atomic E-state index is 6.60. The molecular formula is C29H25N7. The highest BCUT2D eigenvalue weighted by Crippen LogP contribution is 2.39. The Labute approximate surface area is 208 Å². The lowest BCUT2D eigenvalue weighted by molar-refractivity contribution is 0.253. The van der Waals surface area contributed by atoms with Gasteiger partial charge < -0.3 is 10.3 Å². The summed E-state index contributed by atoms with van der Waals surface area (Å²) >= 11 is 0. The molecule has 0 amide bonds. The number of benzene rings is 3. The van der Waals surface area contributed by atoms with Gasteiger partial charge in [-0.3, -0.25) is 4.57 Å². The molecule has 3 heterocycles. The van der Waals surface area contributed by atoms with E-state index < -0.39 is 0 Å². The summed E-state index contributed by atoms with van der Waals surface area (Å²) < 4.78 is 4.16. The molecule has 0 aliphatic heterocycles. The Morgan fingerprint density at radius 1 is 0.778 bits per heavy atom. The van der Waals surface area contributed by atoms with Gasteiger partial charge in [-0.2, -0.15) is 0 Å². The Morgan fingerprint density at radius 3 is 2.22 bits per heavy atom. The Bertz CT molecular complexity index is 1730. The highest BCUT2D eigenvalue weighted by Gasteiger charge is 2.34. The van der Waals surface area contributed by atoms with E-state index in [1.165, 1.54) is 12.0 Å². The number of hydrogen-bond acceptors (Lipinski definition) is 5. The molecule has 36 heavy (non-hydrogen) atoms. The summed E-state index contributed by atoms with van der Waals surface area (Å²) in [6.45, 7) is 0. The van der Waals surface area contributed by atoms with Crippen LogP contribution in [-0.2, 0) is 12.6 Å². The van der Waals surface area contributed by atoms with Crippen molar-refractivity contribution in [1.82, 2.24) is 29.1 Å². The predicted octanol–water partition coefficient (Wildman–Crippen LogP) is 5.37. The number of aromatic nitrogens is 6. The standard InChI is InChI=1S/C29H25N7/c1-35-24-11-6-5-10-22(24)32-27(35)28-33-23-18-31-25(19-8-3-2-4-9-19)34-26(23)36(28)21-14-12-20(13-15-21)29(30)16-7-17-29/h2-6,8-15,18H,7,16-17,30H2,1H3. The zero-order valence-corrected chi connectivity index (χ0v) is 20.0. The molecule has 176 valence electrons. The summed E-state index contributed by atoms with van der Waals surface area (Å²) in [5.74, 6) is 2.16. The van der Waals surface area contributed by atoms with Gasteiger partial charge in [0.15, 0.2) is 23.1 Å². The van der Waals surface area contributed by atoms with Gasteiger partial charge in [-0.1, -0.05) is 54.6 Å². The molecule has 0 atom stereocenters. The highest BCUT2D eigenvalue weighted by atomic mass is 15.2. The Kier molecular flexibility index (Phi) is 4.56. The molecule has 1 aliphatic rings. The van der Waals surface area contributed by atoms with Gasteiger partial charge >= 0.3 is 0 Å². The molecule has 7 heteroatoms. The molecule has 7 rings (SSSR count). The highest BCUT2D eigenvalue weighted by molar-refractivity contribution is 5.84. The van der Waals surface area contributed by atoms with E-state index in [-0.39, 0.29) is 5.54 Å². The third-order valence-electron chi connectivity index (χ3n) is 7.37. The maximum Gasteiger partial charge on any atom is 0.183 e. The van der Waals surface area contributed by atoms with Gasteiger partial charge in [0.1, 0.15) is 5.52 Å². The van der Waals surface area contributed by atoms with Crippen molar-refractivity contribution in [3.05, 3.63) is 90.6 Å². The van der Waals surface area contributed by atoms with E-state index in [0.29, 0.717) is 5.82 Å².